The van der Waals surface area contributed by atoms with E-state index in [-0.39, 0.29) is 6.04 Å². The van der Waals surface area contributed by atoms with Crippen molar-refractivity contribution in [3.05, 3.63) is 29.0 Å². The van der Waals surface area contributed by atoms with Gasteiger partial charge < -0.3 is 10.2 Å². The summed E-state index contributed by atoms with van der Waals surface area (Å²) >= 11 is 1.62. The summed E-state index contributed by atoms with van der Waals surface area (Å²) in [7, 11) is 0. The van der Waals surface area contributed by atoms with E-state index in [0.29, 0.717) is 0 Å². The van der Waals surface area contributed by atoms with E-state index in [9.17, 15) is 0 Å². The van der Waals surface area contributed by atoms with Crippen LogP contribution in [0.5, 0.6) is 0 Å². The number of furan rings is 1. The first-order valence-electron chi connectivity index (χ1n) is 5.05. The molecular weight excluding hydrogens is 208 g/mol. The van der Waals surface area contributed by atoms with Gasteiger partial charge in [0.2, 0.25) is 0 Å². The standard InChI is InChI=1S/C11H14N2OS/c1-2-3-9(12)11-13-10(7-15-11)8-4-5-14-6-8/h4-7,9H,2-3,12H2,1H3. The topological polar surface area (TPSA) is 52.0 Å². The molecule has 0 bridgehead atoms. The fourth-order valence-electron chi connectivity index (χ4n) is 1.44. The molecule has 1 atom stereocenters. The normalized spacial score (nSPS) is 12.9. The first-order valence-corrected chi connectivity index (χ1v) is 5.92. The fourth-order valence-corrected chi connectivity index (χ4v) is 2.30. The second-order valence-electron chi connectivity index (χ2n) is 3.48. The number of hydrogen-bond acceptors (Lipinski definition) is 4. The van der Waals surface area contributed by atoms with Crippen LogP contribution in [0.15, 0.2) is 28.4 Å². The maximum atomic E-state index is 6.00. The van der Waals surface area contributed by atoms with Gasteiger partial charge in [0.05, 0.1) is 24.3 Å². The van der Waals surface area contributed by atoms with E-state index >= 15 is 0 Å². The Morgan fingerprint density at radius 1 is 1.60 bits per heavy atom. The molecule has 2 aromatic heterocycles. The van der Waals surface area contributed by atoms with Crippen molar-refractivity contribution in [2.75, 3.05) is 0 Å². The number of thiazole rings is 1. The van der Waals surface area contributed by atoms with E-state index < -0.39 is 0 Å². The summed E-state index contributed by atoms with van der Waals surface area (Å²) in [6.07, 6.45) is 5.42. The van der Waals surface area contributed by atoms with E-state index in [1.807, 2.05) is 11.4 Å². The van der Waals surface area contributed by atoms with Crippen LogP contribution in [0.4, 0.5) is 0 Å². The average molecular weight is 222 g/mol. The Kier molecular flexibility index (Phi) is 3.18. The molecule has 3 nitrogen and oxygen atoms in total. The molecule has 4 heteroatoms. The molecule has 0 saturated heterocycles. The highest BCUT2D eigenvalue weighted by Gasteiger charge is 2.11. The van der Waals surface area contributed by atoms with Crippen molar-refractivity contribution < 1.29 is 4.42 Å². The Morgan fingerprint density at radius 3 is 3.13 bits per heavy atom. The molecule has 2 N–H and O–H groups in total. The van der Waals surface area contributed by atoms with Crippen molar-refractivity contribution in [3.63, 3.8) is 0 Å². The van der Waals surface area contributed by atoms with Crippen LogP contribution in [0.2, 0.25) is 0 Å². The summed E-state index contributed by atoms with van der Waals surface area (Å²) < 4.78 is 5.02. The van der Waals surface area contributed by atoms with E-state index in [1.54, 1.807) is 23.9 Å². The summed E-state index contributed by atoms with van der Waals surface area (Å²) in [5, 5.41) is 3.03. The van der Waals surface area contributed by atoms with Gasteiger partial charge in [-0.1, -0.05) is 13.3 Å². The van der Waals surface area contributed by atoms with Gasteiger partial charge >= 0.3 is 0 Å². The SMILES string of the molecule is CCCC(N)c1nc(-c2ccoc2)cs1. The fraction of sp³-hybridized carbons (Fsp3) is 0.364. The molecule has 0 aromatic carbocycles. The largest absolute Gasteiger partial charge is 0.472 e. The zero-order valence-corrected chi connectivity index (χ0v) is 9.46. The summed E-state index contributed by atoms with van der Waals surface area (Å²) in [6.45, 7) is 2.13. The van der Waals surface area contributed by atoms with Gasteiger partial charge in [-0.2, -0.15) is 0 Å². The minimum absolute atomic E-state index is 0.0700. The van der Waals surface area contributed by atoms with Gasteiger partial charge in [0.25, 0.3) is 0 Å². The quantitative estimate of drug-likeness (QED) is 0.864. The van der Waals surface area contributed by atoms with E-state index in [2.05, 4.69) is 11.9 Å². The number of nitrogens with two attached hydrogens (primary N) is 1. The maximum Gasteiger partial charge on any atom is 0.110 e. The lowest BCUT2D eigenvalue weighted by Crippen LogP contribution is -2.09. The lowest BCUT2D eigenvalue weighted by atomic mass is 10.2. The second-order valence-corrected chi connectivity index (χ2v) is 4.37. The second kappa shape index (κ2) is 4.59. The molecule has 80 valence electrons. The number of hydrogen-bond donors (Lipinski definition) is 1. The molecule has 2 aromatic rings. The number of nitrogens with zero attached hydrogens (tertiary/aromatic N) is 1. The highest BCUT2D eigenvalue weighted by molar-refractivity contribution is 7.10. The molecular formula is C11H14N2OS. The smallest absolute Gasteiger partial charge is 0.110 e. The van der Waals surface area contributed by atoms with Crippen LogP contribution in [0.1, 0.15) is 30.8 Å². The minimum Gasteiger partial charge on any atom is -0.472 e. The first-order chi connectivity index (χ1) is 7.31. The molecule has 0 amide bonds. The van der Waals surface area contributed by atoms with Gasteiger partial charge in [-0.15, -0.1) is 11.3 Å². The molecule has 15 heavy (non-hydrogen) atoms. The molecule has 0 spiro atoms. The molecule has 2 heterocycles. The third kappa shape index (κ3) is 2.27. The highest BCUT2D eigenvalue weighted by atomic mass is 32.1. The van der Waals surface area contributed by atoms with Crippen molar-refractivity contribution in [1.82, 2.24) is 4.98 Å². The Balaban J connectivity index is 2.17. The molecule has 0 aliphatic rings. The van der Waals surface area contributed by atoms with Crippen LogP contribution in [0.25, 0.3) is 11.3 Å². The Morgan fingerprint density at radius 2 is 2.47 bits per heavy atom. The molecule has 1 unspecified atom stereocenters. The number of aromatic nitrogens is 1. The van der Waals surface area contributed by atoms with Gasteiger partial charge in [0.15, 0.2) is 0 Å². The third-order valence-electron chi connectivity index (χ3n) is 2.26. The predicted octanol–water partition coefficient (Wildman–Crippen LogP) is 3.20. The van der Waals surface area contributed by atoms with Crippen LogP contribution in [-0.2, 0) is 0 Å². The summed E-state index contributed by atoms with van der Waals surface area (Å²) in [5.74, 6) is 0. The Bertz CT molecular complexity index is 408. The molecule has 0 fully saturated rings. The average Bonchev–Trinajstić information content (AvgIpc) is 2.89. The van der Waals surface area contributed by atoms with Crippen LogP contribution in [0.3, 0.4) is 0 Å². The maximum absolute atomic E-state index is 6.00. The zero-order valence-electron chi connectivity index (χ0n) is 8.64. The van der Waals surface area contributed by atoms with Crippen molar-refractivity contribution in [3.8, 4) is 11.3 Å². The summed E-state index contributed by atoms with van der Waals surface area (Å²) in [4.78, 5) is 4.50. The molecule has 2 rings (SSSR count). The first kappa shape index (κ1) is 10.4. The van der Waals surface area contributed by atoms with Crippen molar-refractivity contribution in [2.24, 2.45) is 5.73 Å². The Labute approximate surface area is 92.9 Å². The van der Waals surface area contributed by atoms with E-state index in [0.717, 1.165) is 29.1 Å². The lowest BCUT2D eigenvalue weighted by molar-refractivity contribution is 0.568. The number of rotatable bonds is 4. The molecule has 0 aliphatic carbocycles. The molecule has 0 aliphatic heterocycles. The Hall–Kier alpha value is -1.13. The zero-order chi connectivity index (χ0) is 10.7. The van der Waals surface area contributed by atoms with Crippen LogP contribution in [-0.4, -0.2) is 4.98 Å². The van der Waals surface area contributed by atoms with Crippen molar-refractivity contribution >= 4 is 11.3 Å². The predicted molar refractivity (Wildman–Crippen MR) is 61.7 cm³/mol. The van der Waals surface area contributed by atoms with Crippen molar-refractivity contribution in [2.45, 2.75) is 25.8 Å². The van der Waals surface area contributed by atoms with Crippen molar-refractivity contribution in [1.29, 1.82) is 0 Å². The summed E-state index contributed by atoms with van der Waals surface area (Å²) in [6, 6.07) is 1.98. The van der Waals surface area contributed by atoms with E-state index in [4.69, 9.17) is 10.2 Å². The highest BCUT2D eigenvalue weighted by Crippen LogP contribution is 2.26. The van der Waals surface area contributed by atoms with Gasteiger partial charge in [0, 0.05) is 10.9 Å². The molecule has 0 radical (unpaired) electrons. The van der Waals surface area contributed by atoms with Gasteiger partial charge in [-0.25, -0.2) is 4.98 Å². The third-order valence-corrected chi connectivity index (χ3v) is 3.23. The van der Waals surface area contributed by atoms with Gasteiger partial charge in [-0.05, 0) is 12.5 Å². The minimum atomic E-state index is 0.0700. The van der Waals surface area contributed by atoms with Crippen LogP contribution < -0.4 is 5.73 Å². The lowest BCUT2D eigenvalue weighted by Gasteiger charge is -2.04. The van der Waals surface area contributed by atoms with Gasteiger partial charge in [0.1, 0.15) is 5.01 Å². The van der Waals surface area contributed by atoms with Crippen LogP contribution >= 0.6 is 11.3 Å². The van der Waals surface area contributed by atoms with Gasteiger partial charge in [-0.3, -0.25) is 0 Å². The monoisotopic (exact) mass is 222 g/mol. The van der Waals surface area contributed by atoms with E-state index in [1.165, 1.54) is 0 Å². The van der Waals surface area contributed by atoms with Crippen LogP contribution in [0, 0.1) is 0 Å². The molecule has 0 saturated carbocycles. The summed E-state index contributed by atoms with van der Waals surface area (Å²) in [5.41, 5.74) is 7.97.